The van der Waals surface area contributed by atoms with E-state index in [1.54, 1.807) is 12.1 Å². The fraction of sp³-hybridized carbons (Fsp3) is 0.143. The van der Waals surface area contributed by atoms with E-state index in [9.17, 15) is 4.39 Å². The molecule has 0 aromatic heterocycles. The highest BCUT2D eigenvalue weighted by molar-refractivity contribution is 5.24. The van der Waals surface area contributed by atoms with Crippen LogP contribution in [-0.4, -0.2) is 0 Å². The van der Waals surface area contributed by atoms with Gasteiger partial charge in [-0.05, 0) is 23.6 Å². The Morgan fingerprint density at radius 1 is 0.938 bits per heavy atom. The summed E-state index contributed by atoms with van der Waals surface area (Å²) in [5.41, 5.74) is 7.73. The van der Waals surface area contributed by atoms with Crippen LogP contribution in [0.4, 0.5) is 4.39 Å². The van der Waals surface area contributed by atoms with Crippen LogP contribution in [0.5, 0.6) is 0 Å². The molecule has 1 unspecified atom stereocenters. The second kappa shape index (κ2) is 4.90. The first-order valence-corrected chi connectivity index (χ1v) is 5.31. The maximum absolute atomic E-state index is 13.4. The van der Waals surface area contributed by atoms with Crippen molar-refractivity contribution in [2.75, 3.05) is 0 Å². The van der Waals surface area contributed by atoms with Gasteiger partial charge in [-0.2, -0.15) is 0 Å². The number of nitrogens with two attached hydrogens (primary N) is 1. The summed E-state index contributed by atoms with van der Waals surface area (Å²) in [7, 11) is 0. The molecule has 0 heterocycles. The Labute approximate surface area is 94.7 Å². The van der Waals surface area contributed by atoms with Gasteiger partial charge in [-0.3, -0.25) is 0 Å². The van der Waals surface area contributed by atoms with Crippen LogP contribution < -0.4 is 5.73 Å². The molecule has 2 N–H and O–H groups in total. The largest absolute Gasteiger partial charge is 0.324 e. The molecule has 0 saturated carbocycles. The Balaban J connectivity index is 2.14. The molecule has 1 nitrogen and oxygen atoms in total. The second-order valence-corrected chi connectivity index (χ2v) is 3.81. The van der Waals surface area contributed by atoms with Gasteiger partial charge in [0.15, 0.2) is 0 Å². The van der Waals surface area contributed by atoms with Crippen LogP contribution >= 0.6 is 0 Å². The van der Waals surface area contributed by atoms with Crippen molar-refractivity contribution >= 4 is 0 Å². The van der Waals surface area contributed by atoms with E-state index < -0.39 is 0 Å². The third kappa shape index (κ3) is 2.47. The molecule has 1 atom stereocenters. The lowest BCUT2D eigenvalue weighted by Gasteiger charge is -2.12. The predicted octanol–water partition coefficient (Wildman–Crippen LogP) is 3.07. The van der Waals surface area contributed by atoms with Crippen molar-refractivity contribution in [3.05, 3.63) is 71.5 Å². The number of hydrogen-bond acceptors (Lipinski definition) is 1. The Hall–Kier alpha value is -1.67. The molecular formula is C14H14FN. The first-order valence-electron chi connectivity index (χ1n) is 5.31. The van der Waals surface area contributed by atoms with Gasteiger partial charge >= 0.3 is 0 Å². The highest BCUT2D eigenvalue weighted by Crippen LogP contribution is 2.17. The van der Waals surface area contributed by atoms with E-state index in [1.807, 2.05) is 36.4 Å². The van der Waals surface area contributed by atoms with Crippen LogP contribution in [0.2, 0.25) is 0 Å². The minimum absolute atomic E-state index is 0.155. The smallest absolute Gasteiger partial charge is 0.126 e. The van der Waals surface area contributed by atoms with Gasteiger partial charge in [-0.25, -0.2) is 4.39 Å². The summed E-state index contributed by atoms with van der Waals surface area (Å²) in [6.45, 7) is 0. The molecule has 0 bridgehead atoms. The van der Waals surface area contributed by atoms with Crippen LogP contribution in [0.1, 0.15) is 17.2 Å². The lowest BCUT2D eigenvalue weighted by atomic mass is 9.99. The molecule has 0 radical (unpaired) electrons. The minimum Gasteiger partial charge on any atom is -0.324 e. The summed E-state index contributed by atoms with van der Waals surface area (Å²) in [6, 6.07) is 16.4. The van der Waals surface area contributed by atoms with Crippen LogP contribution in [0.15, 0.2) is 54.6 Å². The Kier molecular flexibility index (Phi) is 3.32. The first-order chi connectivity index (χ1) is 7.77. The quantitative estimate of drug-likeness (QED) is 0.836. The number of rotatable bonds is 3. The van der Waals surface area contributed by atoms with E-state index >= 15 is 0 Å². The molecule has 0 amide bonds. The predicted molar refractivity (Wildman–Crippen MR) is 63.5 cm³/mol. The zero-order valence-electron chi connectivity index (χ0n) is 8.94. The summed E-state index contributed by atoms with van der Waals surface area (Å²) in [5, 5.41) is 0. The molecular weight excluding hydrogens is 201 g/mol. The van der Waals surface area contributed by atoms with Gasteiger partial charge in [0, 0.05) is 6.04 Å². The average molecular weight is 215 g/mol. The molecule has 0 fully saturated rings. The van der Waals surface area contributed by atoms with Gasteiger partial charge in [0.25, 0.3) is 0 Å². The molecule has 2 heteroatoms. The summed E-state index contributed by atoms with van der Waals surface area (Å²) in [4.78, 5) is 0. The van der Waals surface area contributed by atoms with Crippen molar-refractivity contribution in [3.63, 3.8) is 0 Å². The van der Waals surface area contributed by atoms with Crippen molar-refractivity contribution < 1.29 is 4.39 Å². The zero-order chi connectivity index (χ0) is 11.4. The van der Waals surface area contributed by atoms with Gasteiger partial charge < -0.3 is 5.73 Å². The van der Waals surface area contributed by atoms with Crippen LogP contribution in [0.3, 0.4) is 0 Å². The van der Waals surface area contributed by atoms with Crippen molar-refractivity contribution in [2.24, 2.45) is 5.73 Å². The standard InChI is InChI=1S/C14H14FN/c15-13-9-5-4-8-12(13)10-14(16)11-6-2-1-3-7-11/h1-9,14H,10,16H2. The van der Waals surface area contributed by atoms with Gasteiger partial charge in [0.1, 0.15) is 5.82 Å². The molecule has 0 saturated heterocycles. The molecule has 0 spiro atoms. The first kappa shape index (κ1) is 10.8. The lowest BCUT2D eigenvalue weighted by molar-refractivity contribution is 0.593. The van der Waals surface area contributed by atoms with Gasteiger partial charge in [0.05, 0.1) is 0 Å². The highest BCUT2D eigenvalue weighted by atomic mass is 19.1. The van der Waals surface area contributed by atoms with Crippen molar-refractivity contribution in [3.8, 4) is 0 Å². The third-order valence-electron chi connectivity index (χ3n) is 2.63. The van der Waals surface area contributed by atoms with Gasteiger partial charge in [-0.15, -0.1) is 0 Å². The summed E-state index contributed by atoms with van der Waals surface area (Å²) in [5.74, 6) is -0.186. The van der Waals surface area contributed by atoms with E-state index in [2.05, 4.69) is 0 Å². The SMILES string of the molecule is NC(Cc1ccccc1F)c1ccccc1. The highest BCUT2D eigenvalue weighted by Gasteiger charge is 2.09. The Bertz CT molecular complexity index is 453. The van der Waals surface area contributed by atoms with Crippen LogP contribution in [0, 0.1) is 5.82 Å². The van der Waals surface area contributed by atoms with Gasteiger partial charge in [0.2, 0.25) is 0 Å². The fourth-order valence-corrected chi connectivity index (χ4v) is 1.72. The van der Waals surface area contributed by atoms with E-state index in [0.717, 1.165) is 5.56 Å². The molecule has 0 aliphatic rings. The third-order valence-corrected chi connectivity index (χ3v) is 2.63. The summed E-state index contributed by atoms with van der Waals surface area (Å²) in [6.07, 6.45) is 0.524. The maximum Gasteiger partial charge on any atom is 0.126 e. The number of halogens is 1. The van der Waals surface area contributed by atoms with E-state index in [-0.39, 0.29) is 11.9 Å². The monoisotopic (exact) mass is 215 g/mol. The topological polar surface area (TPSA) is 26.0 Å². The summed E-state index contributed by atoms with van der Waals surface area (Å²) >= 11 is 0. The normalized spacial score (nSPS) is 12.4. The average Bonchev–Trinajstić information content (AvgIpc) is 2.33. The zero-order valence-corrected chi connectivity index (χ0v) is 8.94. The number of hydrogen-bond donors (Lipinski definition) is 1. The van der Waals surface area contributed by atoms with E-state index in [4.69, 9.17) is 5.73 Å². The molecule has 2 aromatic carbocycles. The van der Waals surface area contributed by atoms with Crippen molar-refractivity contribution in [1.29, 1.82) is 0 Å². The fourth-order valence-electron chi connectivity index (χ4n) is 1.72. The second-order valence-electron chi connectivity index (χ2n) is 3.81. The maximum atomic E-state index is 13.4. The minimum atomic E-state index is -0.186. The van der Waals surface area contributed by atoms with Crippen LogP contribution in [0.25, 0.3) is 0 Å². The molecule has 0 aliphatic heterocycles. The molecule has 2 rings (SSSR count). The Morgan fingerprint density at radius 3 is 2.25 bits per heavy atom. The van der Waals surface area contributed by atoms with Crippen LogP contribution in [-0.2, 0) is 6.42 Å². The molecule has 82 valence electrons. The van der Waals surface area contributed by atoms with Gasteiger partial charge in [-0.1, -0.05) is 48.5 Å². The molecule has 0 aliphatic carbocycles. The number of benzene rings is 2. The lowest BCUT2D eigenvalue weighted by Crippen LogP contribution is -2.13. The Morgan fingerprint density at radius 2 is 1.56 bits per heavy atom. The summed E-state index contributed by atoms with van der Waals surface area (Å²) < 4.78 is 13.4. The van der Waals surface area contributed by atoms with E-state index in [0.29, 0.717) is 12.0 Å². The van der Waals surface area contributed by atoms with E-state index in [1.165, 1.54) is 6.07 Å². The molecule has 16 heavy (non-hydrogen) atoms. The molecule has 2 aromatic rings. The van der Waals surface area contributed by atoms with Crippen molar-refractivity contribution in [2.45, 2.75) is 12.5 Å². The van der Waals surface area contributed by atoms with Crippen molar-refractivity contribution in [1.82, 2.24) is 0 Å².